The van der Waals surface area contributed by atoms with Crippen LogP contribution in [0.3, 0.4) is 0 Å². The SMILES string of the molecule is CCNC(=O)[C@H](Cc1ccccc1)N(Cc1ccc(Cl)cc1Cl)C(=O)Cc1ccc(F)cc1. The standard InChI is InChI=1S/C26H25Cl2FN2O2/c1-2-30-26(33)24(14-18-6-4-3-5-7-18)31(17-20-10-11-21(27)16-23(20)28)25(32)15-19-8-12-22(29)13-9-19/h3-13,16,24H,2,14-15,17H2,1H3,(H,30,33)/t24-/m0/s1. The molecule has 33 heavy (non-hydrogen) atoms. The number of rotatable bonds is 9. The molecule has 0 fully saturated rings. The van der Waals surface area contributed by atoms with Crippen molar-refractivity contribution in [2.45, 2.75) is 32.4 Å². The molecule has 0 heterocycles. The lowest BCUT2D eigenvalue weighted by Crippen LogP contribution is -2.51. The van der Waals surface area contributed by atoms with E-state index in [0.29, 0.717) is 34.1 Å². The molecule has 0 aliphatic carbocycles. The normalized spacial score (nSPS) is 11.6. The Labute approximate surface area is 203 Å². The fourth-order valence-corrected chi connectivity index (χ4v) is 4.03. The number of benzene rings is 3. The summed E-state index contributed by atoms with van der Waals surface area (Å²) in [5.74, 6) is -0.890. The summed E-state index contributed by atoms with van der Waals surface area (Å²) >= 11 is 12.4. The molecule has 0 aliphatic heterocycles. The molecule has 1 atom stereocenters. The topological polar surface area (TPSA) is 49.4 Å². The van der Waals surface area contributed by atoms with Gasteiger partial charge in [-0.25, -0.2) is 4.39 Å². The van der Waals surface area contributed by atoms with E-state index in [9.17, 15) is 14.0 Å². The first-order valence-electron chi connectivity index (χ1n) is 10.7. The smallest absolute Gasteiger partial charge is 0.243 e. The maximum absolute atomic E-state index is 13.5. The highest BCUT2D eigenvalue weighted by Crippen LogP contribution is 2.24. The van der Waals surface area contributed by atoms with Crippen LogP contribution in [0.4, 0.5) is 4.39 Å². The highest BCUT2D eigenvalue weighted by molar-refractivity contribution is 6.35. The van der Waals surface area contributed by atoms with E-state index in [1.165, 1.54) is 17.0 Å². The molecule has 0 aromatic heterocycles. The molecule has 0 unspecified atom stereocenters. The van der Waals surface area contributed by atoms with Crippen molar-refractivity contribution < 1.29 is 14.0 Å². The lowest BCUT2D eigenvalue weighted by atomic mass is 10.0. The van der Waals surface area contributed by atoms with E-state index in [2.05, 4.69) is 5.32 Å². The molecular weight excluding hydrogens is 462 g/mol. The summed E-state index contributed by atoms with van der Waals surface area (Å²) < 4.78 is 13.3. The number of nitrogens with zero attached hydrogens (tertiary/aromatic N) is 1. The minimum absolute atomic E-state index is 0.0240. The molecule has 3 aromatic rings. The van der Waals surface area contributed by atoms with Crippen LogP contribution in [0.1, 0.15) is 23.6 Å². The first-order chi connectivity index (χ1) is 15.9. The van der Waals surface area contributed by atoms with Gasteiger partial charge in [-0.15, -0.1) is 0 Å². The largest absolute Gasteiger partial charge is 0.355 e. The Hall–Kier alpha value is -2.89. The molecule has 7 heteroatoms. The van der Waals surface area contributed by atoms with Crippen molar-refractivity contribution in [3.05, 3.63) is 105 Å². The van der Waals surface area contributed by atoms with E-state index in [0.717, 1.165) is 5.56 Å². The predicted molar refractivity (Wildman–Crippen MR) is 130 cm³/mol. The van der Waals surface area contributed by atoms with Crippen LogP contribution >= 0.6 is 23.2 Å². The van der Waals surface area contributed by atoms with Crippen molar-refractivity contribution in [3.8, 4) is 0 Å². The Kier molecular flexibility index (Phi) is 8.87. The third kappa shape index (κ3) is 7.04. The van der Waals surface area contributed by atoms with Crippen molar-refractivity contribution in [2.24, 2.45) is 0 Å². The summed E-state index contributed by atoms with van der Waals surface area (Å²) in [7, 11) is 0. The van der Waals surface area contributed by atoms with E-state index < -0.39 is 6.04 Å². The second-order valence-corrected chi connectivity index (χ2v) is 8.50. The van der Waals surface area contributed by atoms with Gasteiger partial charge >= 0.3 is 0 Å². The first kappa shape index (κ1) is 24.7. The number of hydrogen-bond acceptors (Lipinski definition) is 2. The van der Waals surface area contributed by atoms with E-state index in [1.807, 2.05) is 37.3 Å². The third-order valence-electron chi connectivity index (χ3n) is 5.25. The first-order valence-corrected chi connectivity index (χ1v) is 11.4. The van der Waals surface area contributed by atoms with Gasteiger partial charge in [-0.1, -0.05) is 71.7 Å². The van der Waals surface area contributed by atoms with Crippen LogP contribution in [-0.2, 0) is 29.0 Å². The number of nitrogens with one attached hydrogen (secondary N) is 1. The molecule has 0 saturated heterocycles. The Morgan fingerprint density at radius 1 is 0.970 bits per heavy atom. The lowest BCUT2D eigenvalue weighted by Gasteiger charge is -2.32. The summed E-state index contributed by atoms with van der Waals surface area (Å²) in [4.78, 5) is 28.2. The van der Waals surface area contributed by atoms with Crippen molar-refractivity contribution in [1.29, 1.82) is 0 Å². The summed E-state index contributed by atoms with van der Waals surface area (Å²) in [5, 5.41) is 3.74. The van der Waals surface area contributed by atoms with E-state index in [-0.39, 0.29) is 30.6 Å². The van der Waals surface area contributed by atoms with Crippen LogP contribution in [0.2, 0.25) is 10.0 Å². The van der Waals surface area contributed by atoms with Gasteiger partial charge in [0.15, 0.2) is 0 Å². The zero-order valence-electron chi connectivity index (χ0n) is 18.2. The lowest BCUT2D eigenvalue weighted by molar-refractivity contribution is -0.140. The zero-order chi connectivity index (χ0) is 23.8. The number of likely N-dealkylation sites (N-methyl/N-ethyl adjacent to an activating group) is 1. The highest BCUT2D eigenvalue weighted by atomic mass is 35.5. The van der Waals surface area contributed by atoms with Crippen LogP contribution in [0.15, 0.2) is 72.8 Å². The Morgan fingerprint density at radius 2 is 1.67 bits per heavy atom. The zero-order valence-corrected chi connectivity index (χ0v) is 19.7. The van der Waals surface area contributed by atoms with E-state index >= 15 is 0 Å². The molecule has 1 N–H and O–H groups in total. The summed E-state index contributed by atoms with van der Waals surface area (Å²) in [6, 6.07) is 19.6. The van der Waals surface area contributed by atoms with Gasteiger partial charge in [0.1, 0.15) is 11.9 Å². The molecule has 0 saturated carbocycles. The molecule has 3 rings (SSSR count). The number of amides is 2. The van der Waals surface area contributed by atoms with Gasteiger partial charge in [-0.2, -0.15) is 0 Å². The van der Waals surface area contributed by atoms with Crippen LogP contribution in [0.25, 0.3) is 0 Å². The fourth-order valence-electron chi connectivity index (χ4n) is 3.56. The van der Waals surface area contributed by atoms with Crippen molar-refractivity contribution in [3.63, 3.8) is 0 Å². The van der Waals surface area contributed by atoms with Gasteiger partial charge in [-0.05, 0) is 47.9 Å². The summed E-state index contributed by atoms with van der Waals surface area (Å²) in [6.07, 6.45) is 0.364. The van der Waals surface area contributed by atoms with Crippen LogP contribution in [0, 0.1) is 5.82 Å². The number of carbonyl (C=O) groups excluding carboxylic acids is 2. The average molecular weight is 487 g/mol. The van der Waals surface area contributed by atoms with Gasteiger partial charge in [0.05, 0.1) is 6.42 Å². The molecule has 0 radical (unpaired) electrons. The molecule has 0 spiro atoms. The maximum atomic E-state index is 13.5. The molecule has 2 amide bonds. The van der Waals surface area contributed by atoms with Crippen LogP contribution in [-0.4, -0.2) is 29.3 Å². The van der Waals surface area contributed by atoms with Crippen LogP contribution < -0.4 is 5.32 Å². The molecule has 0 aliphatic rings. The molecule has 3 aromatic carbocycles. The quantitative estimate of drug-likeness (QED) is 0.437. The highest BCUT2D eigenvalue weighted by Gasteiger charge is 2.30. The Balaban J connectivity index is 1.97. The van der Waals surface area contributed by atoms with Gasteiger partial charge in [0.25, 0.3) is 0 Å². The minimum atomic E-state index is -0.757. The van der Waals surface area contributed by atoms with Gasteiger partial charge in [-0.3, -0.25) is 9.59 Å². The molecule has 4 nitrogen and oxygen atoms in total. The Bertz CT molecular complexity index is 1090. The van der Waals surface area contributed by atoms with Crippen molar-refractivity contribution in [2.75, 3.05) is 6.54 Å². The van der Waals surface area contributed by atoms with Gasteiger partial charge in [0.2, 0.25) is 11.8 Å². The van der Waals surface area contributed by atoms with Crippen molar-refractivity contribution in [1.82, 2.24) is 10.2 Å². The molecule has 172 valence electrons. The summed E-state index contributed by atoms with van der Waals surface area (Å²) in [5.41, 5.74) is 2.26. The number of halogens is 3. The average Bonchev–Trinajstić information content (AvgIpc) is 2.79. The van der Waals surface area contributed by atoms with Gasteiger partial charge < -0.3 is 10.2 Å². The molecular formula is C26H25Cl2FN2O2. The van der Waals surface area contributed by atoms with E-state index in [1.54, 1.807) is 30.3 Å². The minimum Gasteiger partial charge on any atom is -0.355 e. The monoisotopic (exact) mass is 486 g/mol. The van der Waals surface area contributed by atoms with Crippen molar-refractivity contribution >= 4 is 35.0 Å². The second kappa shape index (κ2) is 11.8. The fraction of sp³-hybridized carbons (Fsp3) is 0.231. The number of hydrogen-bond donors (Lipinski definition) is 1. The van der Waals surface area contributed by atoms with E-state index in [4.69, 9.17) is 23.2 Å². The maximum Gasteiger partial charge on any atom is 0.243 e. The predicted octanol–water partition coefficient (Wildman–Crippen LogP) is 5.45. The van der Waals surface area contributed by atoms with Gasteiger partial charge in [0, 0.05) is 29.6 Å². The van der Waals surface area contributed by atoms with Crippen LogP contribution in [0.5, 0.6) is 0 Å². The third-order valence-corrected chi connectivity index (χ3v) is 5.83. The summed E-state index contributed by atoms with van der Waals surface area (Å²) in [6.45, 7) is 2.40. The number of carbonyl (C=O) groups is 2. The molecule has 0 bridgehead atoms. The Morgan fingerprint density at radius 3 is 2.30 bits per heavy atom. The second-order valence-electron chi connectivity index (χ2n) is 7.66.